The van der Waals surface area contributed by atoms with Crippen molar-refractivity contribution in [3.63, 3.8) is 0 Å². The third-order valence-corrected chi connectivity index (χ3v) is 2.97. The fourth-order valence-corrected chi connectivity index (χ4v) is 1.68. The minimum atomic E-state index is 0.597. The molecule has 0 heterocycles. The van der Waals surface area contributed by atoms with Crippen molar-refractivity contribution < 1.29 is 0 Å². The molecule has 2 aromatic carbocycles. The molecule has 0 radical (unpaired) electrons. The van der Waals surface area contributed by atoms with Crippen molar-refractivity contribution in [2.24, 2.45) is 17.2 Å². The van der Waals surface area contributed by atoms with E-state index in [9.17, 15) is 0 Å². The normalized spacial score (nSPS) is 9.22. The Morgan fingerprint density at radius 3 is 1.52 bits per heavy atom. The van der Waals surface area contributed by atoms with Crippen LogP contribution in [0.25, 0.3) is 0 Å². The van der Waals surface area contributed by atoms with Crippen LogP contribution < -0.4 is 22.5 Å². The molecule has 0 spiro atoms. The summed E-state index contributed by atoms with van der Waals surface area (Å²) in [4.78, 5) is 0. The monoisotopic (exact) mass is 336 g/mol. The zero-order valence-corrected chi connectivity index (χ0v) is 14.4. The average molecular weight is 337 g/mol. The average Bonchev–Trinajstić information content (AvgIpc) is 2.64. The SMILES string of the molecule is ClCc1ccccc1.NCCN.NCCNCc1ccccc1. The summed E-state index contributed by atoms with van der Waals surface area (Å²) in [6, 6.07) is 20.3. The lowest BCUT2D eigenvalue weighted by atomic mass is 10.2. The van der Waals surface area contributed by atoms with Gasteiger partial charge in [0.25, 0.3) is 0 Å². The zero-order chi connectivity index (χ0) is 17.2. The molecule has 0 aliphatic heterocycles. The van der Waals surface area contributed by atoms with E-state index in [0.717, 1.165) is 13.1 Å². The lowest BCUT2D eigenvalue weighted by molar-refractivity contribution is 0.695. The number of rotatable bonds is 6. The second-order valence-corrected chi connectivity index (χ2v) is 4.91. The summed E-state index contributed by atoms with van der Waals surface area (Å²) >= 11 is 5.53. The van der Waals surface area contributed by atoms with Crippen LogP contribution in [0.3, 0.4) is 0 Å². The first kappa shape index (κ1) is 21.6. The molecule has 128 valence electrons. The first-order chi connectivity index (χ1) is 11.3. The maximum atomic E-state index is 5.53. The predicted molar refractivity (Wildman–Crippen MR) is 101 cm³/mol. The Hall–Kier alpha value is -1.43. The number of nitrogens with one attached hydrogen (secondary N) is 1. The van der Waals surface area contributed by atoms with Crippen molar-refractivity contribution >= 4 is 11.6 Å². The van der Waals surface area contributed by atoms with Crippen molar-refractivity contribution in [3.8, 4) is 0 Å². The van der Waals surface area contributed by atoms with Crippen molar-refractivity contribution in [3.05, 3.63) is 71.8 Å². The van der Waals surface area contributed by atoms with Crippen LogP contribution in [-0.4, -0.2) is 26.2 Å². The van der Waals surface area contributed by atoms with Crippen LogP contribution in [0.5, 0.6) is 0 Å². The third-order valence-electron chi connectivity index (χ3n) is 2.66. The third kappa shape index (κ3) is 13.9. The quantitative estimate of drug-likeness (QED) is 0.480. The molecule has 0 bridgehead atoms. The second-order valence-electron chi connectivity index (χ2n) is 4.65. The molecule has 0 saturated carbocycles. The fourth-order valence-electron chi connectivity index (χ4n) is 1.50. The molecule has 0 unspecified atom stereocenters. The van der Waals surface area contributed by atoms with Gasteiger partial charge in [0.05, 0.1) is 0 Å². The molecule has 0 saturated heterocycles. The maximum Gasteiger partial charge on any atom is 0.0474 e. The summed E-state index contributed by atoms with van der Waals surface area (Å²) in [6.07, 6.45) is 0. The van der Waals surface area contributed by atoms with Crippen molar-refractivity contribution in [1.82, 2.24) is 5.32 Å². The molecule has 2 aromatic rings. The molecular weight excluding hydrogens is 308 g/mol. The van der Waals surface area contributed by atoms with E-state index in [1.165, 1.54) is 11.1 Å². The molecule has 0 aliphatic rings. The van der Waals surface area contributed by atoms with Gasteiger partial charge in [0.1, 0.15) is 0 Å². The molecule has 5 heteroatoms. The topological polar surface area (TPSA) is 90.1 Å². The van der Waals surface area contributed by atoms with E-state index in [0.29, 0.717) is 25.5 Å². The number of benzene rings is 2. The largest absolute Gasteiger partial charge is 0.329 e. The van der Waals surface area contributed by atoms with E-state index >= 15 is 0 Å². The second kappa shape index (κ2) is 16.9. The van der Waals surface area contributed by atoms with Gasteiger partial charge >= 0.3 is 0 Å². The Balaban J connectivity index is 0.000000354. The molecule has 0 atom stereocenters. The minimum Gasteiger partial charge on any atom is -0.329 e. The van der Waals surface area contributed by atoms with Gasteiger partial charge in [0, 0.05) is 38.6 Å². The van der Waals surface area contributed by atoms with E-state index in [1.54, 1.807) is 0 Å². The van der Waals surface area contributed by atoms with Crippen molar-refractivity contribution in [1.29, 1.82) is 0 Å². The summed E-state index contributed by atoms with van der Waals surface area (Å²) in [6.45, 7) is 3.69. The summed E-state index contributed by atoms with van der Waals surface area (Å²) in [5.74, 6) is 0.612. The summed E-state index contributed by atoms with van der Waals surface area (Å²) in [5, 5.41) is 3.23. The molecule has 2 rings (SSSR count). The van der Waals surface area contributed by atoms with Crippen LogP contribution in [0.4, 0.5) is 0 Å². The Morgan fingerprint density at radius 1 is 0.696 bits per heavy atom. The van der Waals surface area contributed by atoms with Gasteiger partial charge in [-0.1, -0.05) is 60.7 Å². The minimum absolute atomic E-state index is 0.597. The lowest BCUT2D eigenvalue weighted by Crippen LogP contribution is -2.21. The Bertz CT molecular complexity index is 449. The smallest absolute Gasteiger partial charge is 0.0474 e. The molecule has 0 aliphatic carbocycles. The van der Waals surface area contributed by atoms with Crippen LogP contribution in [0, 0.1) is 0 Å². The van der Waals surface area contributed by atoms with E-state index in [2.05, 4.69) is 17.4 Å². The van der Waals surface area contributed by atoms with Gasteiger partial charge < -0.3 is 22.5 Å². The van der Waals surface area contributed by atoms with Gasteiger partial charge in [-0.3, -0.25) is 0 Å². The maximum absolute atomic E-state index is 5.53. The summed E-state index contributed by atoms with van der Waals surface area (Å²) < 4.78 is 0. The van der Waals surface area contributed by atoms with E-state index in [1.807, 2.05) is 48.5 Å². The van der Waals surface area contributed by atoms with Crippen LogP contribution in [-0.2, 0) is 12.4 Å². The summed E-state index contributed by atoms with van der Waals surface area (Å²) in [7, 11) is 0. The molecule has 4 nitrogen and oxygen atoms in total. The number of hydrogen-bond donors (Lipinski definition) is 4. The number of alkyl halides is 1. The van der Waals surface area contributed by atoms with Crippen LogP contribution in [0.2, 0.25) is 0 Å². The van der Waals surface area contributed by atoms with E-state index in [4.69, 9.17) is 28.8 Å². The predicted octanol–water partition coefficient (Wildman–Crippen LogP) is 2.06. The van der Waals surface area contributed by atoms with Gasteiger partial charge in [-0.25, -0.2) is 0 Å². The van der Waals surface area contributed by atoms with Crippen molar-refractivity contribution in [2.45, 2.75) is 12.4 Å². The van der Waals surface area contributed by atoms with Crippen LogP contribution >= 0.6 is 11.6 Å². The number of hydrogen-bond acceptors (Lipinski definition) is 4. The molecule has 23 heavy (non-hydrogen) atoms. The Labute approximate surface area is 145 Å². The molecule has 0 amide bonds. The van der Waals surface area contributed by atoms with E-state index in [-0.39, 0.29) is 0 Å². The van der Waals surface area contributed by atoms with Crippen LogP contribution in [0.15, 0.2) is 60.7 Å². The van der Waals surface area contributed by atoms with Crippen LogP contribution in [0.1, 0.15) is 11.1 Å². The standard InChI is InChI=1S/C9H14N2.C7H7Cl.C2H8N2/c10-6-7-11-8-9-4-2-1-3-5-9;8-6-7-4-2-1-3-5-7;3-1-2-4/h1-5,11H,6-8,10H2;1-5H,6H2;1-4H2. The lowest BCUT2D eigenvalue weighted by Gasteiger charge is -2.01. The Morgan fingerprint density at radius 2 is 1.17 bits per heavy atom. The van der Waals surface area contributed by atoms with Crippen molar-refractivity contribution in [2.75, 3.05) is 26.2 Å². The highest BCUT2D eigenvalue weighted by Crippen LogP contribution is 2.00. The highest BCUT2D eigenvalue weighted by atomic mass is 35.5. The van der Waals surface area contributed by atoms with Gasteiger partial charge in [-0.2, -0.15) is 0 Å². The number of halogens is 1. The fraction of sp³-hybridized carbons (Fsp3) is 0.333. The van der Waals surface area contributed by atoms with Gasteiger partial charge in [-0.15, -0.1) is 11.6 Å². The van der Waals surface area contributed by atoms with Gasteiger partial charge in [0.15, 0.2) is 0 Å². The first-order valence-corrected chi connectivity index (χ1v) is 8.26. The number of nitrogens with two attached hydrogens (primary N) is 3. The Kier molecular flexibility index (Phi) is 15.9. The molecule has 7 N–H and O–H groups in total. The first-order valence-electron chi connectivity index (χ1n) is 7.73. The highest BCUT2D eigenvalue weighted by Gasteiger charge is 1.87. The summed E-state index contributed by atoms with van der Waals surface area (Å²) in [5.41, 5.74) is 17.6. The van der Waals surface area contributed by atoms with Gasteiger partial charge in [-0.05, 0) is 11.1 Å². The zero-order valence-electron chi connectivity index (χ0n) is 13.6. The molecular formula is C18H29ClN4. The molecule has 0 fully saturated rings. The molecule has 0 aromatic heterocycles. The van der Waals surface area contributed by atoms with E-state index < -0.39 is 0 Å². The van der Waals surface area contributed by atoms with Gasteiger partial charge in [0.2, 0.25) is 0 Å². The highest BCUT2D eigenvalue weighted by molar-refractivity contribution is 6.17.